The minimum atomic E-state index is -0.709. The molecule has 1 aromatic heterocycles. The number of hydrogen-bond acceptors (Lipinski definition) is 2. The lowest BCUT2D eigenvalue weighted by Gasteiger charge is -2.09. The van der Waals surface area contributed by atoms with Crippen LogP contribution in [-0.4, -0.2) is 5.11 Å². The molecule has 15 heavy (non-hydrogen) atoms. The smallest absolute Gasteiger partial charge is 0.107 e. The summed E-state index contributed by atoms with van der Waals surface area (Å²) in [5.41, 5.74) is 1.44. The zero-order valence-electron chi connectivity index (χ0n) is 7.65. The highest BCUT2D eigenvalue weighted by atomic mass is 79.9. The van der Waals surface area contributed by atoms with Crippen LogP contribution in [0.3, 0.4) is 0 Å². The lowest BCUT2D eigenvalue weighted by atomic mass is 10.0. The van der Waals surface area contributed by atoms with Gasteiger partial charge in [0.15, 0.2) is 0 Å². The molecule has 2 aromatic rings. The Morgan fingerprint density at radius 1 is 1.27 bits per heavy atom. The second-order valence-electron chi connectivity index (χ2n) is 3.16. The van der Waals surface area contributed by atoms with Crippen molar-refractivity contribution < 1.29 is 9.52 Å². The average Bonchev–Trinajstić information content (AvgIpc) is 2.67. The molecule has 4 heteroatoms. The first kappa shape index (κ1) is 10.7. The van der Waals surface area contributed by atoms with Gasteiger partial charge in [0.1, 0.15) is 6.10 Å². The Bertz CT molecular complexity index is 433. The quantitative estimate of drug-likeness (QED) is 0.912. The highest BCUT2D eigenvalue weighted by Crippen LogP contribution is 2.27. The van der Waals surface area contributed by atoms with E-state index >= 15 is 0 Å². The Balaban J connectivity index is 2.37. The Hall–Kier alpha value is -0.770. The molecule has 0 saturated carbocycles. The Kier molecular flexibility index (Phi) is 3.14. The van der Waals surface area contributed by atoms with Gasteiger partial charge in [0.25, 0.3) is 0 Å². The zero-order valence-corrected chi connectivity index (χ0v) is 9.99. The normalized spacial score (nSPS) is 12.7. The molecule has 1 unspecified atom stereocenters. The number of aliphatic hydroxyl groups is 1. The van der Waals surface area contributed by atoms with Crippen molar-refractivity contribution in [3.05, 3.63) is 57.4 Å². The largest absolute Gasteiger partial charge is 0.472 e. The summed E-state index contributed by atoms with van der Waals surface area (Å²) in [5, 5.41) is 10.6. The van der Waals surface area contributed by atoms with E-state index in [4.69, 9.17) is 16.0 Å². The fourth-order valence-electron chi connectivity index (χ4n) is 1.36. The SMILES string of the molecule is OC(c1ccoc1)c1cc(Cl)cc(Br)c1. The highest BCUT2D eigenvalue weighted by molar-refractivity contribution is 9.10. The fraction of sp³-hybridized carbons (Fsp3) is 0.0909. The molecular formula is C11H8BrClO2. The van der Waals surface area contributed by atoms with Crippen LogP contribution in [-0.2, 0) is 0 Å². The molecule has 0 aliphatic carbocycles. The van der Waals surface area contributed by atoms with E-state index in [0.29, 0.717) is 10.6 Å². The maximum absolute atomic E-state index is 9.99. The topological polar surface area (TPSA) is 33.4 Å². The number of halogens is 2. The van der Waals surface area contributed by atoms with Gasteiger partial charge >= 0.3 is 0 Å². The second kappa shape index (κ2) is 4.39. The summed E-state index contributed by atoms with van der Waals surface area (Å²) < 4.78 is 5.75. The third kappa shape index (κ3) is 2.43. The Morgan fingerprint density at radius 3 is 2.67 bits per heavy atom. The van der Waals surface area contributed by atoms with Crippen molar-refractivity contribution >= 4 is 27.5 Å². The maximum atomic E-state index is 9.99. The second-order valence-corrected chi connectivity index (χ2v) is 4.51. The summed E-state index contributed by atoms with van der Waals surface area (Å²) in [6.45, 7) is 0. The molecule has 0 aliphatic heterocycles. The number of rotatable bonds is 2. The van der Waals surface area contributed by atoms with Crippen LogP contribution in [0.5, 0.6) is 0 Å². The van der Waals surface area contributed by atoms with Crippen molar-refractivity contribution in [2.24, 2.45) is 0 Å². The summed E-state index contributed by atoms with van der Waals surface area (Å²) in [4.78, 5) is 0. The molecule has 2 rings (SSSR count). The molecule has 0 saturated heterocycles. The molecule has 1 aromatic carbocycles. The predicted molar refractivity (Wildman–Crippen MR) is 61.9 cm³/mol. The summed E-state index contributed by atoms with van der Waals surface area (Å²) in [6.07, 6.45) is 2.33. The van der Waals surface area contributed by atoms with Gasteiger partial charge in [-0.1, -0.05) is 27.5 Å². The molecule has 0 bridgehead atoms. The van der Waals surface area contributed by atoms with Crippen molar-refractivity contribution in [2.45, 2.75) is 6.10 Å². The van der Waals surface area contributed by atoms with Crippen LogP contribution < -0.4 is 0 Å². The number of benzene rings is 1. The lowest BCUT2D eigenvalue weighted by Crippen LogP contribution is -1.97. The van der Waals surface area contributed by atoms with Crippen molar-refractivity contribution in [3.63, 3.8) is 0 Å². The van der Waals surface area contributed by atoms with Crippen LogP contribution in [0.15, 0.2) is 45.7 Å². The van der Waals surface area contributed by atoms with E-state index in [2.05, 4.69) is 15.9 Å². The highest BCUT2D eigenvalue weighted by Gasteiger charge is 2.12. The third-order valence-corrected chi connectivity index (χ3v) is 2.74. The summed E-state index contributed by atoms with van der Waals surface area (Å²) in [5.74, 6) is 0. The van der Waals surface area contributed by atoms with Gasteiger partial charge in [-0.25, -0.2) is 0 Å². The molecule has 2 nitrogen and oxygen atoms in total. The van der Waals surface area contributed by atoms with Crippen LogP contribution in [0.25, 0.3) is 0 Å². The molecule has 1 N–H and O–H groups in total. The maximum Gasteiger partial charge on any atom is 0.107 e. The van der Waals surface area contributed by atoms with E-state index in [1.165, 1.54) is 12.5 Å². The number of furan rings is 1. The van der Waals surface area contributed by atoms with Gasteiger partial charge in [-0.15, -0.1) is 0 Å². The van der Waals surface area contributed by atoms with Gasteiger partial charge in [-0.05, 0) is 29.8 Å². The van der Waals surface area contributed by atoms with Crippen molar-refractivity contribution in [3.8, 4) is 0 Å². The molecular weight excluding hydrogens is 279 g/mol. The van der Waals surface area contributed by atoms with Crippen LogP contribution in [0, 0.1) is 0 Å². The van der Waals surface area contributed by atoms with Crippen molar-refractivity contribution in [1.82, 2.24) is 0 Å². The van der Waals surface area contributed by atoms with Gasteiger partial charge in [-0.3, -0.25) is 0 Å². The molecule has 1 heterocycles. The van der Waals surface area contributed by atoms with Crippen LogP contribution in [0.4, 0.5) is 0 Å². The van der Waals surface area contributed by atoms with Gasteiger partial charge in [0.05, 0.1) is 12.5 Å². The molecule has 0 fully saturated rings. The molecule has 1 atom stereocenters. The lowest BCUT2D eigenvalue weighted by molar-refractivity contribution is 0.219. The molecule has 0 radical (unpaired) electrons. The Labute approximate surface area is 101 Å². The fourth-order valence-corrected chi connectivity index (χ4v) is 2.24. The first-order valence-electron chi connectivity index (χ1n) is 4.33. The standard InChI is InChI=1S/C11H8BrClO2/c12-9-3-8(4-10(13)5-9)11(14)7-1-2-15-6-7/h1-6,11,14H. The summed E-state index contributed by atoms with van der Waals surface area (Å²) in [7, 11) is 0. The van der Waals surface area contributed by atoms with Crippen molar-refractivity contribution in [2.75, 3.05) is 0 Å². The van der Waals surface area contributed by atoms with Crippen LogP contribution in [0.1, 0.15) is 17.2 Å². The van der Waals surface area contributed by atoms with Gasteiger partial charge < -0.3 is 9.52 Å². The van der Waals surface area contributed by atoms with Gasteiger partial charge in [-0.2, -0.15) is 0 Å². The average molecular weight is 288 g/mol. The molecule has 0 amide bonds. The van der Waals surface area contributed by atoms with E-state index in [0.717, 1.165) is 10.0 Å². The number of hydrogen-bond donors (Lipinski definition) is 1. The summed E-state index contributed by atoms with van der Waals surface area (Å²) >= 11 is 9.22. The Morgan fingerprint density at radius 2 is 2.07 bits per heavy atom. The van der Waals surface area contributed by atoms with E-state index in [-0.39, 0.29) is 0 Å². The van der Waals surface area contributed by atoms with Gasteiger partial charge in [0, 0.05) is 15.1 Å². The summed E-state index contributed by atoms with van der Waals surface area (Å²) in [6, 6.07) is 7.04. The van der Waals surface area contributed by atoms with Gasteiger partial charge in [0.2, 0.25) is 0 Å². The molecule has 78 valence electrons. The van der Waals surface area contributed by atoms with Crippen molar-refractivity contribution in [1.29, 1.82) is 0 Å². The number of aliphatic hydroxyl groups excluding tert-OH is 1. The zero-order chi connectivity index (χ0) is 10.8. The van der Waals surface area contributed by atoms with E-state index in [1.54, 1.807) is 18.2 Å². The third-order valence-electron chi connectivity index (χ3n) is 2.06. The van der Waals surface area contributed by atoms with Crippen LogP contribution >= 0.6 is 27.5 Å². The molecule has 0 spiro atoms. The van der Waals surface area contributed by atoms with E-state index < -0.39 is 6.10 Å². The first-order chi connectivity index (χ1) is 7.16. The monoisotopic (exact) mass is 286 g/mol. The minimum absolute atomic E-state index is 0.585. The minimum Gasteiger partial charge on any atom is -0.472 e. The predicted octanol–water partition coefficient (Wildman–Crippen LogP) is 3.78. The van der Waals surface area contributed by atoms with E-state index in [1.807, 2.05) is 6.07 Å². The van der Waals surface area contributed by atoms with E-state index in [9.17, 15) is 5.11 Å². The first-order valence-corrected chi connectivity index (χ1v) is 5.50. The molecule has 0 aliphatic rings. The van der Waals surface area contributed by atoms with Crippen LogP contribution in [0.2, 0.25) is 5.02 Å².